The number of rotatable bonds is 6. The molecule has 0 radical (unpaired) electrons. The van der Waals surface area contributed by atoms with Crippen molar-refractivity contribution in [2.45, 2.75) is 19.9 Å². The summed E-state index contributed by atoms with van der Waals surface area (Å²) in [5, 5.41) is 3.77. The van der Waals surface area contributed by atoms with E-state index in [1.165, 1.54) is 12.1 Å². The number of hydrogen-bond acceptors (Lipinski definition) is 2. The summed E-state index contributed by atoms with van der Waals surface area (Å²) in [7, 11) is 1.66. The highest BCUT2D eigenvalue weighted by molar-refractivity contribution is 6.33. The lowest BCUT2D eigenvalue weighted by Gasteiger charge is -2.12. The Morgan fingerprint density at radius 3 is 2.67 bits per heavy atom. The number of methoxy groups -OCH3 is 1. The molecule has 4 heteroatoms. The van der Waals surface area contributed by atoms with Gasteiger partial charge in [0.25, 0.3) is 0 Å². The SMILES string of the molecule is CCCNCc1cc(-c2ccc(F)cc2Cl)ccc1OC. The number of ether oxygens (including phenoxy) is 1. The average Bonchev–Trinajstić information content (AvgIpc) is 2.47. The van der Waals surface area contributed by atoms with Crippen LogP contribution in [0.1, 0.15) is 18.9 Å². The van der Waals surface area contributed by atoms with Crippen LogP contribution in [-0.2, 0) is 6.54 Å². The highest BCUT2D eigenvalue weighted by Gasteiger charge is 2.09. The van der Waals surface area contributed by atoms with Gasteiger partial charge in [0, 0.05) is 17.7 Å². The standard InChI is InChI=1S/C17H19ClFNO/c1-3-8-20-11-13-9-12(4-7-17(13)21-2)15-6-5-14(19)10-16(15)18/h4-7,9-10,20H,3,8,11H2,1-2H3. The fourth-order valence-corrected chi connectivity index (χ4v) is 2.48. The van der Waals surface area contributed by atoms with Gasteiger partial charge in [-0.2, -0.15) is 0 Å². The highest BCUT2D eigenvalue weighted by atomic mass is 35.5. The molecule has 0 unspecified atom stereocenters. The molecular weight excluding hydrogens is 289 g/mol. The number of hydrogen-bond donors (Lipinski definition) is 1. The molecule has 0 saturated carbocycles. The highest BCUT2D eigenvalue weighted by Crippen LogP contribution is 2.31. The molecule has 0 aromatic heterocycles. The molecule has 21 heavy (non-hydrogen) atoms. The Morgan fingerprint density at radius 2 is 2.00 bits per heavy atom. The molecule has 2 rings (SSSR count). The van der Waals surface area contributed by atoms with E-state index in [1.807, 2.05) is 18.2 Å². The van der Waals surface area contributed by atoms with Crippen molar-refractivity contribution in [3.63, 3.8) is 0 Å². The van der Waals surface area contributed by atoms with E-state index < -0.39 is 0 Å². The Hall–Kier alpha value is -1.58. The van der Waals surface area contributed by atoms with E-state index >= 15 is 0 Å². The molecule has 2 nitrogen and oxygen atoms in total. The summed E-state index contributed by atoms with van der Waals surface area (Å²) < 4.78 is 18.5. The van der Waals surface area contributed by atoms with Crippen LogP contribution in [0.4, 0.5) is 4.39 Å². The second-order valence-electron chi connectivity index (χ2n) is 4.83. The summed E-state index contributed by atoms with van der Waals surface area (Å²) in [5.74, 6) is 0.502. The first kappa shape index (κ1) is 15.8. The third-order valence-electron chi connectivity index (χ3n) is 3.26. The van der Waals surface area contributed by atoms with Crippen molar-refractivity contribution >= 4 is 11.6 Å². The van der Waals surface area contributed by atoms with E-state index in [4.69, 9.17) is 16.3 Å². The van der Waals surface area contributed by atoms with Crippen LogP contribution in [0.2, 0.25) is 5.02 Å². The predicted molar refractivity (Wildman–Crippen MR) is 85.4 cm³/mol. The second-order valence-corrected chi connectivity index (χ2v) is 5.23. The van der Waals surface area contributed by atoms with E-state index in [0.29, 0.717) is 5.02 Å². The third-order valence-corrected chi connectivity index (χ3v) is 3.58. The fraction of sp³-hybridized carbons (Fsp3) is 0.294. The summed E-state index contributed by atoms with van der Waals surface area (Å²) in [6, 6.07) is 10.3. The molecule has 0 aliphatic heterocycles. The maximum Gasteiger partial charge on any atom is 0.124 e. The quantitative estimate of drug-likeness (QED) is 0.784. The monoisotopic (exact) mass is 307 g/mol. The lowest BCUT2D eigenvalue weighted by atomic mass is 10.0. The zero-order chi connectivity index (χ0) is 15.2. The Bertz CT molecular complexity index is 616. The molecular formula is C17H19ClFNO. The van der Waals surface area contributed by atoms with Crippen LogP contribution in [0, 0.1) is 5.82 Å². The lowest BCUT2D eigenvalue weighted by Crippen LogP contribution is -2.14. The zero-order valence-electron chi connectivity index (χ0n) is 12.2. The van der Waals surface area contributed by atoms with E-state index in [1.54, 1.807) is 13.2 Å². The van der Waals surface area contributed by atoms with Gasteiger partial charge in [-0.25, -0.2) is 4.39 Å². The predicted octanol–water partition coefficient (Wildman–Crippen LogP) is 4.65. The molecule has 0 spiro atoms. The van der Waals surface area contributed by atoms with Gasteiger partial charge >= 0.3 is 0 Å². The Labute approximate surface area is 129 Å². The lowest BCUT2D eigenvalue weighted by molar-refractivity contribution is 0.408. The first-order chi connectivity index (χ1) is 10.2. The van der Waals surface area contributed by atoms with Crippen LogP contribution >= 0.6 is 11.6 Å². The molecule has 112 valence electrons. The molecule has 1 N–H and O–H groups in total. The maximum atomic E-state index is 13.2. The normalized spacial score (nSPS) is 10.7. The zero-order valence-corrected chi connectivity index (χ0v) is 13.0. The minimum absolute atomic E-state index is 0.331. The summed E-state index contributed by atoms with van der Waals surface area (Å²) >= 11 is 6.13. The minimum Gasteiger partial charge on any atom is -0.496 e. The Balaban J connectivity index is 2.34. The van der Waals surface area contributed by atoms with E-state index in [-0.39, 0.29) is 5.82 Å². The van der Waals surface area contributed by atoms with Crippen molar-refractivity contribution in [2.75, 3.05) is 13.7 Å². The topological polar surface area (TPSA) is 21.3 Å². The van der Waals surface area contributed by atoms with Gasteiger partial charge in [-0.3, -0.25) is 0 Å². The van der Waals surface area contributed by atoms with Gasteiger partial charge in [0.05, 0.1) is 12.1 Å². The van der Waals surface area contributed by atoms with Crippen molar-refractivity contribution in [1.29, 1.82) is 0 Å². The molecule has 0 fully saturated rings. The van der Waals surface area contributed by atoms with Crippen molar-refractivity contribution in [2.24, 2.45) is 0 Å². The minimum atomic E-state index is -0.331. The Kier molecular flexibility index (Phi) is 5.59. The molecule has 0 heterocycles. The van der Waals surface area contributed by atoms with Crippen molar-refractivity contribution in [3.8, 4) is 16.9 Å². The van der Waals surface area contributed by atoms with E-state index in [9.17, 15) is 4.39 Å². The molecule has 0 saturated heterocycles. The largest absolute Gasteiger partial charge is 0.496 e. The van der Waals surface area contributed by atoms with Gasteiger partial charge in [0.2, 0.25) is 0 Å². The van der Waals surface area contributed by atoms with E-state index in [2.05, 4.69) is 12.2 Å². The van der Waals surface area contributed by atoms with Crippen LogP contribution in [0.3, 0.4) is 0 Å². The van der Waals surface area contributed by atoms with Gasteiger partial charge in [0.1, 0.15) is 11.6 Å². The van der Waals surface area contributed by atoms with Gasteiger partial charge in [0.15, 0.2) is 0 Å². The number of nitrogens with one attached hydrogen (secondary N) is 1. The van der Waals surface area contributed by atoms with Crippen molar-refractivity contribution < 1.29 is 9.13 Å². The molecule has 0 aliphatic carbocycles. The summed E-state index contributed by atoms with van der Waals surface area (Å²) in [4.78, 5) is 0. The molecule has 0 bridgehead atoms. The van der Waals surface area contributed by atoms with Crippen LogP contribution in [0.25, 0.3) is 11.1 Å². The maximum absolute atomic E-state index is 13.2. The summed E-state index contributed by atoms with van der Waals surface area (Å²) in [5.41, 5.74) is 2.83. The molecule has 2 aromatic rings. The molecule has 0 aliphatic rings. The van der Waals surface area contributed by atoms with Crippen molar-refractivity contribution in [3.05, 3.63) is 52.8 Å². The number of benzene rings is 2. The van der Waals surface area contributed by atoms with Crippen LogP contribution in [0.15, 0.2) is 36.4 Å². The molecule has 0 atom stereocenters. The van der Waals surface area contributed by atoms with Crippen molar-refractivity contribution in [1.82, 2.24) is 5.32 Å². The summed E-state index contributed by atoms with van der Waals surface area (Å²) in [6.45, 7) is 3.80. The third kappa shape index (κ3) is 3.96. The smallest absolute Gasteiger partial charge is 0.124 e. The van der Waals surface area contributed by atoms with Gasteiger partial charge in [-0.15, -0.1) is 0 Å². The second kappa shape index (κ2) is 7.43. The van der Waals surface area contributed by atoms with Crippen LogP contribution in [-0.4, -0.2) is 13.7 Å². The van der Waals surface area contributed by atoms with Crippen LogP contribution < -0.4 is 10.1 Å². The summed E-state index contributed by atoms with van der Waals surface area (Å²) in [6.07, 6.45) is 1.08. The molecule has 0 amide bonds. The Morgan fingerprint density at radius 1 is 1.19 bits per heavy atom. The van der Waals surface area contributed by atoms with E-state index in [0.717, 1.165) is 42.0 Å². The first-order valence-corrected chi connectivity index (χ1v) is 7.36. The molecule has 2 aromatic carbocycles. The van der Waals surface area contributed by atoms with Crippen LogP contribution in [0.5, 0.6) is 5.75 Å². The average molecular weight is 308 g/mol. The first-order valence-electron chi connectivity index (χ1n) is 6.98. The van der Waals surface area contributed by atoms with Gasteiger partial charge < -0.3 is 10.1 Å². The number of halogens is 2. The van der Waals surface area contributed by atoms with Gasteiger partial charge in [-0.05, 0) is 48.9 Å². The van der Waals surface area contributed by atoms with Gasteiger partial charge in [-0.1, -0.05) is 24.6 Å². The fourth-order valence-electron chi connectivity index (χ4n) is 2.21.